The van der Waals surface area contributed by atoms with Gasteiger partial charge in [-0.3, -0.25) is 13.8 Å². The van der Waals surface area contributed by atoms with Gasteiger partial charge in [-0.05, 0) is 57.8 Å². The minimum absolute atomic E-state index is 0.0552. The summed E-state index contributed by atoms with van der Waals surface area (Å²) in [4.78, 5) is 23.1. The van der Waals surface area contributed by atoms with Crippen LogP contribution in [0.3, 0.4) is 0 Å². The molecule has 3 N–H and O–H groups in total. The zero-order valence-electron chi connectivity index (χ0n) is 35.3. The van der Waals surface area contributed by atoms with Crippen LogP contribution in [-0.4, -0.2) is 73.4 Å². The number of phosphoric acid groups is 1. The first kappa shape index (κ1) is 51.7. The lowest BCUT2D eigenvalue weighted by Crippen LogP contribution is -2.45. The third-order valence-corrected chi connectivity index (χ3v) is 10.6. The maximum Gasteiger partial charge on any atom is 0.472 e. The smallest absolute Gasteiger partial charge is 0.387 e. The molecular weight excluding hydrogens is 683 g/mol. The van der Waals surface area contributed by atoms with Crippen molar-refractivity contribution in [1.82, 2.24) is 5.32 Å². The van der Waals surface area contributed by atoms with Crippen LogP contribution in [0.4, 0.5) is 0 Å². The largest absolute Gasteiger partial charge is 0.472 e. The molecule has 0 aromatic rings. The van der Waals surface area contributed by atoms with E-state index in [9.17, 15) is 19.4 Å². The second-order valence-electron chi connectivity index (χ2n) is 16.1. The van der Waals surface area contributed by atoms with Crippen molar-refractivity contribution in [2.24, 2.45) is 0 Å². The minimum atomic E-state index is -4.34. The Hall–Kier alpha value is -1.28. The van der Waals surface area contributed by atoms with Gasteiger partial charge in [-0.1, -0.05) is 159 Å². The molecule has 0 spiro atoms. The SMILES string of the molecule is CCCCCCCC/C=C\CCCCCCCCCC(=O)NC(COP(=O)(O)OCC[N+](C)(C)C)C(O)/C=C/CC/C=C/CCCCCCCCCC. The molecule has 9 heteroatoms. The maximum atomic E-state index is 12.8. The Bertz CT molecular complexity index is 964. The zero-order chi connectivity index (χ0) is 39.3. The van der Waals surface area contributed by atoms with Gasteiger partial charge in [0.2, 0.25) is 5.91 Å². The van der Waals surface area contributed by atoms with Gasteiger partial charge in [-0.15, -0.1) is 0 Å². The van der Waals surface area contributed by atoms with E-state index in [1.54, 1.807) is 6.08 Å². The summed E-state index contributed by atoms with van der Waals surface area (Å²) in [6.45, 7) is 4.77. The van der Waals surface area contributed by atoms with Gasteiger partial charge in [0, 0.05) is 6.42 Å². The van der Waals surface area contributed by atoms with E-state index in [1.807, 2.05) is 27.2 Å². The Morgan fingerprint density at radius 2 is 1.04 bits per heavy atom. The van der Waals surface area contributed by atoms with Crippen LogP contribution >= 0.6 is 7.82 Å². The van der Waals surface area contributed by atoms with Gasteiger partial charge in [0.05, 0.1) is 39.9 Å². The van der Waals surface area contributed by atoms with Gasteiger partial charge in [0.15, 0.2) is 0 Å². The number of likely N-dealkylation sites (N-methyl/N-ethyl adjacent to an activating group) is 1. The predicted octanol–water partition coefficient (Wildman–Crippen LogP) is 11.9. The quantitative estimate of drug-likeness (QED) is 0.0249. The highest BCUT2D eigenvalue weighted by atomic mass is 31.2. The first-order valence-electron chi connectivity index (χ1n) is 21.9. The average Bonchev–Trinajstić information content (AvgIpc) is 3.10. The molecule has 0 bridgehead atoms. The van der Waals surface area contributed by atoms with Crippen LogP contribution in [0.25, 0.3) is 0 Å². The molecule has 312 valence electrons. The van der Waals surface area contributed by atoms with E-state index < -0.39 is 20.0 Å². The van der Waals surface area contributed by atoms with Gasteiger partial charge in [0.25, 0.3) is 0 Å². The summed E-state index contributed by atoms with van der Waals surface area (Å²) < 4.78 is 23.5. The third kappa shape index (κ3) is 38.8. The molecule has 0 aromatic heterocycles. The molecule has 0 aliphatic rings. The highest BCUT2D eigenvalue weighted by Crippen LogP contribution is 2.43. The van der Waals surface area contributed by atoms with Gasteiger partial charge in [-0.2, -0.15) is 0 Å². The van der Waals surface area contributed by atoms with Crippen LogP contribution in [0, 0.1) is 0 Å². The summed E-state index contributed by atoms with van der Waals surface area (Å²) in [5, 5.41) is 13.8. The fraction of sp³-hybridized carbons (Fsp3) is 0.841. The molecule has 3 unspecified atom stereocenters. The number of carbonyl (C=O) groups excluding carboxylic acids is 1. The molecule has 3 atom stereocenters. The third-order valence-electron chi connectivity index (χ3n) is 9.58. The molecule has 0 heterocycles. The second-order valence-corrected chi connectivity index (χ2v) is 17.5. The van der Waals surface area contributed by atoms with E-state index in [0.717, 1.165) is 38.5 Å². The van der Waals surface area contributed by atoms with E-state index in [2.05, 4.69) is 43.5 Å². The summed E-state index contributed by atoms with van der Waals surface area (Å²) in [5.41, 5.74) is 0. The Kier molecular flexibility index (Phi) is 35.5. The van der Waals surface area contributed by atoms with E-state index in [0.29, 0.717) is 17.4 Å². The molecule has 0 radical (unpaired) electrons. The van der Waals surface area contributed by atoms with Crippen LogP contribution in [0.15, 0.2) is 36.5 Å². The van der Waals surface area contributed by atoms with E-state index >= 15 is 0 Å². The van der Waals surface area contributed by atoms with Crippen molar-refractivity contribution >= 4 is 13.7 Å². The van der Waals surface area contributed by atoms with Crippen molar-refractivity contribution in [2.75, 3.05) is 40.9 Å². The normalized spacial score (nSPS) is 14.8. The number of rotatable bonds is 39. The molecule has 8 nitrogen and oxygen atoms in total. The summed E-state index contributed by atoms with van der Waals surface area (Å²) >= 11 is 0. The number of allylic oxidation sites excluding steroid dienone is 5. The van der Waals surface area contributed by atoms with Crippen molar-refractivity contribution in [3.05, 3.63) is 36.5 Å². The number of carbonyl (C=O) groups is 1. The zero-order valence-corrected chi connectivity index (χ0v) is 36.1. The number of aliphatic hydroxyl groups is 1. The fourth-order valence-corrected chi connectivity index (χ4v) is 6.79. The number of hydrogen-bond acceptors (Lipinski definition) is 5. The van der Waals surface area contributed by atoms with Gasteiger partial charge in [-0.25, -0.2) is 4.57 Å². The molecule has 0 aliphatic carbocycles. The highest BCUT2D eigenvalue weighted by Gasteiger charge is 2.27. The second kappa shape index (κ2) is 36.4. The lowest BCUT2D eigenvalue weighted by molar-refractivity contribution is -0.870. The minimum Gasteiger partial charge on any atom is -0.387 e. The maximum absolute atomic E-state index is 12.8. The van der Waals surface area contributed by atoms with Gasteiger partial charge in [0.1, 0.15) is 13.2 Å². The Morgan fingerprint density at radius 3 is 1.51 bits per heavy atom. The number of phosphoric ester groups is 1. The van der Waals surface area contributed by atoms with Crippen LogP contribution in [0.1, 0.15) is 187 Å². The first-order chi connectivity index (χ1) is 25.5. The lowest BCUT2D eigenvalue weighted by Gasteiger charge is -2.25. The number of quaternary nitrogens is 1. The molecule has 0 aliphatic heterocycles. The monoisotopic (exact) mass is 770 g/mol. The molecule has 0 rings (SSSR count). The molecule has 0 saturated heterocycles. The van der Waals surface area contributed by atoms with Crippen LogP contribution in [0.2, 0.25) is 0 Å². The van der Waals surface area contributed by atoms with Crippen LogP contribution in [-0.2, 0) is 18.4 Å². The van der Waals surface area contributed by atoms with Crippen molar-refractivity contribution in [1.29, 1.82) is 0 Å². The molecule has 0 aromatic carbocycles. The predicted molar refractivity (Wildman–Crippen MR) is 226 cm³/mol. The Balaban J connectivity index is 4.48. The van der Waals surface area contributed by atoms with E-state index in [4.69, 9.17) is 9.05 Å². The Labute approximate surface area is 327 Å². The molecule has 0 fully saturated rings. The van der Waals surface area contributed by atoms with E-state index in [-0.39, 0.29) is 19.1 Å². The van der Waals surface area contributed by atoms with Gasteiger partial charge < -0.3 is 19.8 Å². The van der Waals surface area contributed by atoms with Crippen molar-refractivity contribution in [3.63, 3.8) is 0 Å². The van der Waals surface area contributed by atoms with E-state index in [1.165, 1.54) is 128 Å². The van der Waals surface area contributed by atoms with Crippen molar-refractivity contribution in [3.8, 4) is 0 Å². The first-order valence-corrected chi connectivity index (χ1v) is 23.4. The number of nitrogens with zero attached hydrogens (tertiary/aromatic N) is 1. The fourth-order valence-electron chi connectivity index (χ4n) is 6.05. The summed E-state index contributed by atoms with van der Waals surface area (Å²) in [6.07, 6.45) is 43.5. The highest BCUT2D eigenvalue weighted by molar-refractivity contribution is 7.47. The van der Waals surface area contributed by atoms with Gasteiger partial charge >= 0.3 is 7.82 Å². The average molecular weight is 770 g/mol. The lowest BCUT2D eigenvalue weighted by atomic mass is 10.1. The number of nitrogens with one attached hydrogen (secondary N) is 1. The van der Waals surface area contributed by atoms with Crippen molar-refractivity contribution < 1.29 is 32.9 Å². The number of unbranched alkanes of at least 4 members (excludes halogenated alkanes) is 22. The molecule has 53 heavy (non-hydrogen) atoms. The summed E-state index contributed by atoms with van der Waals surface area (Å²) in [6, 6.07) is -0.862. The Morgan fingerprint density at radius 1 is 0.623 bits per heavy atom. The summed E-state index contributed by atoms with van der Waals surface area (Å²) in [5.74, 6) is -0.193. The van der Waals surface area contributed by atoms with Crippen LogP contribution in [0.5, 0.6) is 0 Å². The topological polar surface area (TPSA) is 105 Å². The molecular formula is C44H86N2O6P+. The van der Waals surface area contributed by atoms with Crippen molar-refractivity contribution in [2.45, 2.75) is 199 Å². The number of aliphatic hydroxyl groups excluding tert-OH is 1. The van der Waals surface area contributed by atoms with Crippen LogP contribution < -0.4 is 5.32 Å². The number of hydrogen-bond donors (Lipinski definition) is 3. The standard InChI is InChI=1S/C44H85N2O6P/c1-6-8-10-12-14-16-18-20-22-23-24-26-28-30-32-34-36-38-44(48)45-42(41-52-53(49,50)51-40-39-46(3,4)5)43(47)37-35-33-31-29-27-25-21-19-17-15-13-11-9-7-2/h20,22,27,29,35,37,42-43,47H,6-19,21,23-26,28,30-34,36,38-41H2,1-5H3,(H-,45,48,49,50)/p+1/b22-20-,29-27+,37-35+. The molecule has 0 saturated carbocycles. The molecule has 1 amide bonds. The summed E-state index contributed by atoms with van der Waals surface area (Å²) in [7, 11) is 1.55. The number of amides is 1.